The van der Waals surface area contributed by atoms with Crippen molar-refractivity contribution in [2.75, 3.05) is 12.4 Å². The van der Waals surface area contributed by atoms with Crippen LogP contribution in [0.3, 0.4) is 0 Å². The Kier molecular flexibility index (Phi) is 2.86. The van der Waals surface area contributed by atoms with Crippen LogP contribution in [0.5, 0.6) is 0 Å². The third kappa shape index (κ3) is 2.00. The van der Waals surface area contributed by atoms with Gasteiger partial charge in [-0.05, 0) is 0 Å². The summed E-state index contributed by atoms with van der Waals surface area (Å²) in [6, 6.07) is 0. The molecular weight excluding hydrogens is 224 g/mol. The third-order valence-corrected chi connectivity index (χ3v) is 2.08. The van der Waals surface area contributed by atoms with Crippen LogP contribution in [0.4, 0.5) is 11.5 Å². The first-order valence-electron chi connectivity index (χ1n) is 4.66. The number of nitrogens with one attached hydrogen (secondary N) is 1. The van der Waals surface area contributed by atoms with E-state index in [-0.39, 0.29) is 17.2 Å². The van der Waals surface area contributed by atoms with Crippen LogP contribution in [0.1, 0.15) is 0 Å². The lowest BCUT2D eigenvalue weighted by atomic mass is 10.2. The van der Waals surface area contributed by atoms with E-state index >= 15 is 0 Å². The van der Waals surface area contributed by atoms with Gasteiger partial charge in [0, 0.05) is 25.0 Å². The molecule has 8 nitrogen and oxygen atoms in total. The summed E-state index contributed by atoms with van der Waals surface area (Å²) in [6.45, 7) is 0. The molecule has 8 heteroatoms. The lowest BCUT2D eigenvalue weighted by Gasteiger charge is -2.04. The Morgan fingerprint density at radius 1 is 1.24 bits per heavy atom. The average Bonchev–Trinajstić information content (AvgIpc) is 2.38. The highest BCUT2D eigenvalue weighted by Gasteiger charge is 2.23. The molecule has 0 saturated heterocycles. The molecule has 0 saturated carbocycles. The van der Waals surface area contributed by atoms with E-state index in [0.29, 0.717) is 5.56 Å². The van der Waals surface area contributed by atoms with Crippen LogP contribution in [-0.4, -0.2) is 31.9 Å². The van der Waals surface area contributed by atoms with Crippen LogP contribution >= 0.6 is 0 Å². The molecule has 0 radical (unpaired) electrons. The second kappa shape index (κ2) is 4.47. The molecule has 2 rings (SSSR count). The highest BCUT2D eigenvalue weighted by molar-refractivity contribution is 5.75. The lowest BCUT2D eigenvalue weighted by molar-refractivity contribution is -0.383. The largest absolute Gasteiger partial charge is 0.367 e. The first-order chi connectivity index (χ1) is 8.24. The van der Waals surface area contributed by atoms with E-state index in [1.54, 1.807) is 7.05 Å². The van der Waals surface area contributed by atoms with E-state index in [1.165, 1.54) is 25.0 Å². The van der Waals surface area contributed by atoms with E-state index in [1.807, 2.05) is 0 Å². The fraction of sp³-hybridized carbons (Fsp3) is 0.111. The van der Waals surface area contributed by atoms with Gasteiger partial charge >= 0.3 is 5.69 Å². The van der Waals surface area contributed by atoms with Crippen molar-refractivity contribution in [3.8, 4) is 11.3 Å². The highest BCUT2D eigenvalue weighted by atomic mass is 16.6. The number of hydrogen-bond donors (Lipinski definition) is 1. The monoisotopic (exact) mass is 232 g/mol. The summed E-state index contributed by atoms with van der Waals surface area (Å²) in [4.78, 5) is 25.8. The van der Waals surface area contributed by atoms with Crippen molar-refractivity contribution in [1.29, 1.82) is 0 Å². The van der Waals surface area contributed by atoms with Gasteiger partial charge in [-0.2, -0.15) is 0 Å². The van der Waals surface area contributed by atoms with Gasteiger partial charge in [0.15, 0.2) is 5.69 Å². The molecule has 0 fully saturated rings. The zero-order valence-electron chi connectivity index (χ0n) is 8.86. The number of aromatic nitrogens is 4. The standard InChI is InChI=1S/C9H8N6O2/c1-10-9-8(15(16)17)7(13-5-14-9)6-2-11-4-12-3-6/h2-5H,1H3,(H,10,13,14). The molecule has 86 valence electrons. The fourth-order valence-electron chi connectivity index (χ4n) is 1.37. The summed E-state index contributed by atoms with van der Waals surface area (Å²) in [6.07, 6.45) is 5.51. The normalized spacial score (nSPS) is 9.94. The number of anilines is 1. The van der Waals surface area contributed by atoms with Crippen LogP contribution < -0.4 is 5.32 Å². The van der Waals surface area contributed by atoms with E-state index in [9.17, 15) is 10.1 Å². The van der Waals surface area contributed by atoms with Crippen LogP contribution in [0.2, 0.25) is 0 Å². The number of rotatable bonds is 3. The molecule has 2 aromatic heterocycles. The molecule has 0 bridgehead atoms. The predicted octanol–water partition coefficient (Wildman–Crippen LogP) is 0.883. The fourth-order valence-corrected chi connectivity index (χ4v) is 1.37. The highest BCUT2D eigenvalue weighted by Crippen LogP contribution is 2.31. The van der Waals surface area contributed by atoms with Crippen molar-refractivity contribution in [2.45, 2.75) is 0 Å². The van der Waals surface area contributed by atoms with E-state index in [4.69, 9.17) is 0 Å². The number of hydrogen-bond acceptors (Lipinski definition) is 7. The van der Waals surface area contributed by atoms with Crippen molar-refractivity contribution >= 4 is 11.5 Å². The lowest BCUT2D eigenvalue weighted by Crippen LogP contribution is -2.03. The Labute approximate surface area is 95.9 Å². The molecule has 1 N–H and O–H groups in total. The van der Waals surface area contributed by atoms with Gasteiger partial charge in [-0.1, -0.05) is 0 Å². The third-order valence-electron chi connectivity index (χ3n) is 2.08. The van der Waals surface area contributed by atoms with Crippen molar-refractivity contribution in [2.24, 2.45) is 0 Å². The summed E-state index contributed by atoms with van der Waals surface area (Å²) in [5, 5.41) is 13.7. The molecule has 0 aliphatic rings. The predicted molar refractivity (Wildman–Crippen MR) is 59.3 cm³/mol. The summed E-state index contributed by atoms with van der Waals surface area (Å²) >= 11 is 0. The molecule has 0 aromatic carbocycles. The van der Waals surface area contributed by atoms with Gasteiger partial charge in [-0.15, -0.1) is 0 Å². The molecule has 0 spiro atoms. The van der Waals surface area contributed by atoms with Gasteiger partial charge in [0.25, 0.3) is 0 Å². The Bertz CT molecular complexity index is 544. The summed E-state index contributed by atoms with van der Waals surface area (Å²) in [5.41, 5.74) is 0.470. The van der Waals surface area contributed by atoms with Crippen LogP contribution in [0.25, 0.3) is 11.3 Å². The average molecular weight is 232 g/mol. The molecule has 0 amide bonds. The van der Waals surface area contributed by atoms with Gasteiger partial charge in [0.05, 0.1) is 4.92 Å². The van der Waals surface area contributed by atoms with Gasteiger partial charge < -0.3 is 5.32 Å². The van der Waals surface area contributed by atoms with Gasteiger partial charge in [0.2, 0.25) is 5.82 Å². The van der Waals surface area contributed by atoms with Gasteiger partial charge in [-0.3, -0.25) is 10.1 Å². The van der Waals surface area contributed by atoms with Crippen molar-refractivity contribution in [3.63, 3.8) is 0 Å². The minimum atomic E-state index is -0.534. The topological polar surface area (TPSA) is 107 Å². The maximum atomic E-state index is 11.0. The van der Waals surface area contributed by atoms with E-state index < -0.39 is 4.92 Å². The van der Waals surface area contributed by atoms with Crippen LogP contribution in [-0.2, 0) is 0 Å². The Hall–Kier alpha value is -2.64. The summed E-state index contributed by atoms with van der Waals surface area (Å²) in [7, 11) is 1.56. The molecule has 0 aliphatic carbocycles. The molecular formula is C9H8N6O2. The first-order valence-corrected chi connectivity index (χ1v) is 4.66. The zero-order chi connectivity index (χ0) is 12.3. The zero-order valence-corrected chi connectivity index (χ0v) is 8.86. The summed E-state index contributed by atoms with van der Waals surface area (Å²) in [5.74, 6) is 0.156. The van der Waals surface area contributed by atoms with Crippen molar-refractivity contribution in [3.05, 3.63) is 35.2 Å². The molecule has 2 heterocycles. The Morgan fingerprint density at radius 2 is 1.94 bits per heavy atom. The first kappa shape index (κ1) is 10.9. The second-order valence-corrected chi connectivity index (χ2v) is 3.05. The van der Waals surface area contributed by atoms with E-state index in [0.717, 1.165) is 0 Å². The van der Waals surface area contributed by atoms with E-state index in [2.05, 4.69) is 25.3 Å². The minimum Gasteiger partial charge on any atom is -0.367 e. The Balaban J connectivity index is 2.66. The smallest absolute Gasteiger partial charge is 0.337 e. The molecule has 17 heavy (non-hydrogen) atoms. The minimum absolute atomic E-state index is 0.156. The van der Waals surface area contributed by atoms with Crippen molar-refractivity contribution in [1.82, 2.24) is 19.9 Å². The molecule has 0 unspecified atom stereocenters. The van der Waals surface area contributed by atoms with Gasteiger partial charge in [-0.25, -0.2) is 19.9 Å². The molecule has 0 atom stereocenters. The Morgan fingerprint density at radius 3 is 2.53 bits per heavy atom. The van der Waals surface area contributed by atoms with Crippen molar-refractivity contribution < 1.29 is 4.92 Å². The number of nitrogens with zero attached hydrogens (tertiary/aromatic N) is 5. The molecule has 2 aromatic rings. The summed E-state index contributed by atoms with van der Waals surface area (Å²) < 4.78 is 0. The second-order valence-electron chi connectivity index (χ2n) is 3.05. The van der Waals surface area contributed by atoms with Crippen LogP contribution in [0.15, 0.2) is 25.0 Å². The molecule has 0 aliphatic heterocycles. The quantitative estimate of drug-likeness (QED) is 0.618. The SMILES string of the molecule is CNc1ncnc(-c2cncnc2)c1[N+](=O)[O-]. The van der Waals surface area contributed by atoms with Gasteiger partial charge in [0.1, 0.15) is 12.7 Å². The number of nitro groups is 1. The van der Waals surface area contributed by atoms with Crippen LogP contribution in [0, 0.1) is 10.1 Å². The maximum Gasteiger partial charge on any atom is 0.337 e. The maximum absolute atomic E-state index is 11.0.